The molecule has 2 N–H and O–H groups in total. The lowest BCUT2D eigenvalue weighted by atomic mass is 9.85. The zero-order chi connectivity index (χ0) is 8.55. The number of imidazole rings is 1. The molecule has 1 aliphatic carbocycles. The molecule has 1 fully saturated rings. The van der Waals surface area contributed by atoms with Crippen LogP contribution in [0.4, 0.5) is 5.95 Å². The molecule has 0 spiro atoms. The van der Waals surface area contributed by atoms with Crippen molar-refractivity contribution in [3.05, 3.63) is 11.9 Å². The highest BCUT2D eigenvalue weighted by atomic mass is 15.1. The van der Waals surface area contributed by atoms with Crippen LogP contribution in [0.2, 0.25) is 0 Å². The Morgan fingerprint density at radius 2 is 2.42 bits per heavy atom. The van der Waals surface area contributed by atoms with E-state index >= 15 is 0 Å². The summed E-state index contributed by atoms with van der Waals surface area (Å²) in [4.78, 5) is 4.16. The molecule has 0 aliphatic heterocycles. The molecule has 0 bridgehead atoms. The van der Waals surface area contributed by atoms with Crippen molar-refractivity contribution in [1.29, 1.82) is 0 Å². The fourth-order valence-corrected chi connectivity index (χ4v) is 1.67. The van der Waals surface area contributed by atoms with Gasteiger partial charge in [-0.05, 0) is 25.7 Å². The molecule has 3 nitrogen and oxygen atoms in total. The lowest BCUT2D eigenvalue weighted by Crippen LogP contribution is -2.18. The predicted molar refractivity (Wildman–Crippen MR) is 48.7 cm³/mol. The first kappa shape index (κ1) is 7.65. The summed E-state index contributed by atoms with van der Waals surface area (Å²) in [5.74, 6) is 1.51. The van der Waals surface area contributed by atoms with Crippen LogP contribution in [-0.4, -0.2) is 9.55 Å². The summed E-state index contributed by atoms with van der Waals surface area (Å²) < 4.78 is 2.07. The molecule has 12 heavy (non-hydrogen) atoms. The molecule has 1 saturated carbocycles. The summed E-state index contributed by atoms with van der Waals surface area (Å²) in [5.41, 5.74) is 6.74. The average molecular weight is 165 g/mol. The molecular weight excluding hydrogens is 150 g/mol. The van der Waals surface area contributed by atoms with Gasteiger partial charge in [-0.1, -0.05) is 6.42 Å². The Labute approximate surface area is 72.6 Å². The van der Waals surface area contributed by atoms with Crippen LogP contribution < -0.4 is 5.73 Å². The van der Waals surface area contributed by atoms with E-state index in [1.165, 1.54) is 19.3 Å². The van der Waals surface area contributed by atoms with Crippen molar-refractivity contribution in [3.63, 3.8) is 0 Å². The van der Waals surface area contributed by atoms with E-state index < -0.39 is 0 Å². The monoisotopic (exact) mass is 165 g/mol. The van der Waals surface area contributed by atoms with Crippen molar-refractivity contribution in [2.24, 2.45) is 5.92 Å². The van der Waals surface area contributed by atoms with Crippen molar-refractivity contribution in [2.45, 2.75) is 32.7 Å². The molecule has 66 valence electrons. The number of hydrogen-bond acceptors (Lipinski definition) is 2. The van der Waals surface area contributed by atoms with Crippen LogP contribution in [0.5, 0.6) is 0 Å². The second-order valence-electron chi connectivity index (χ2n) is 3.69. The van der Waals surface area contributed by atoms with E-state index in [4.69, 9.17) is 5.73 Å². The average Bonchev–Trinajstić information content (AvgIpc) is 2.21. The molecule has 1 aromatic heterocycles. The lowest BCUT2D eigenvalue weighted by Gasteiger charge is -2.25. The van der Waals surface area contributed by atoms with Crippen molar-refractivity contribution >= 4 is 5.95 Å². The van der Waals surface area contributed by atoms with Crippen LogP contribution in [0.1, 0.15) is 25.0 Å². The minimum absolute atomic E-state index is 0.666. The SMILES string of the molecule is Cc1cn(CC2CCC2)c(N)n1. The number of nitrogen functional groups attached to an aromatic ring is 1. The highest BCUT2D eigenvalue weighted by Gasteiger charge is 2.18. The summed E-state index contributed by atoms with van der Waals surface area (Å²) in [7, 11) is 0. The molecule has 1 aromatic rings. The molecule has 0 saturated heterocycles. The Kier molecular flexibility index (Phi) is 1.79. The van der Waals surface area contributed by atoms with E-state index in [-0.39, 0.29) is 0 Å². The van der Waals surface area contributed by atoms with Crippen molar-refractivity contribution in [3.8, 4) is 0 Å². The smallest absolute Gasteiger partial charge is 0.200 e. The predicted octanol–water partition coefficient (Wildman–Crippen LogP) is 1.57. The van der Waals surface area contributed by atoms with Gasteiger partial charge in [0.05, 0.1) is 5.69 Å². The van der Waals surface area contributed by atoms with Gasteiger partial charge in [0.2, 0.25) is 0 Å². The van der Waals surface area contributed by atoms with Gasteiger partial charge in [-0.15, -0.1) is 0 Å². The van der Waals surface area contributed by atoms with Gasteiger partial charge in [-0.2, -0.15) is 0 Å². The van der Waals surface area contributed by atoms with Crippen LogP contribution in [0.3, 0.4) is 0 Å². The maximum atomic E-state index is 5.72. The second-order valence-corrected chi connectivity index (χ2v) is 3.69. The summed E-state index contributed by atoms with van der Waals surface area (Å²) >= 11 is 0. The van der Waals surface area contributed by atoms with Gasteiger partial charge in [-0.25, -0.2) is 4.98 Å². The van der Waals surface area contributed by atoms with E-state index in [1.54, 1.807) is 0 Å². The molecule has 1 aliphatic rings. The Morgan fingerprint density at radius 1 is 1.67 bits per heavy atom. The minimum Gasteiger partial charge on any atom is -0.369 e. The van der Waals surface area contributed by atoms with Crippen LogP contribution in [0, 0.1) is 12.8 Å². The Morgan fingerprint density at radius 3 is 2.83 bits per heavy atom. The minimum atomic E-state index is 0.666. The standard InChI is InChI=1S/C9H15N3/c1-7-5-12(9(10)11-7)6-8-3-2-4-8/h5,8H,2-4,6H2,1H3,(H2,10,11). The van der Waals surface area contributed by atoms with Crippen LogP contribution in [0.15, 0.2) is 6.20 Å². The molecule has 0 atom stereocenters. The lowest BCUT2D eigenvalue weighted by molar-refractivity contribution is 0.278. The molecule has 0 aromatic carbocycles. The number of nitrogens with two attached hydrogens (primary N) is 1. The van der Waals surface area contributed by atoms with Gasteiger partial charge in [0.25, 0.3) is 0 Å². The highest BCUT2D eigenvalue weighted by Crippen LogP contribution is 2.28. The maximum absolute atomic E-state index is 5.72. The number of anilines is 1. The summed E-state index contributed by atoms with van der Waals surface area (Å²) in [6.45, 7) is 3.04. The van der Waals surface area contributed by atoms with Gasteiger partial charge < -0.3 is 10.3 Å². The Balaban J connectivity index is 2.05. The zero-order valence-corrected chi connectivity index (χ0v) is 7.45. The van der Waals surface area contributed by atoms with Gasteiger partial charge in [0.1, 0.15) is 0 Å². The number of nitrogens with zero attached hydrogens (tertiary/aromatic N) is 2. The third-order valence-electron chi connectivity index (χ3n) is 2.61. The van der Waals surface area contributed by atoms with E-state index in [0.29, 0.717) is 5.95 Å². The fraction of sp³-hybridized carbons (Fsp3) is 0.667. The number of hydrogen-bond donors (Lipinski definition) is 1. The third-order valence-corrected chi connectivity index (χ3v) is 2.61. The number of aryl methyl sites for hydroxylation is 1. The first-order chi connectivity index (χ1) is 5.75. The summed E-state index contributed by atoms with van der Waals surface area (Å²) in [6.07, 6.45) is 6.14. The normalized spacial score (nSPS) is 17.8. The summed E-state index contributed by atoms with van der Waals surface area (Å²) in [5, 5.41) is 0. The van der Waals surface area contributed by atoms with Crippen molar-refractivity contribution < 1.29 is 0 Å². The van der Waals surface area contributed by atoms with Crippen molar-refractivity contribution in [1.82, 2.24) is 9.55 Å². The molecule has 1 heterocycles. The molecule has 2 rings (SSSR count). The van der Waals surface area contributed by atoms with E-state index in [0.717, 1.165) is 18.2 Å². The Bertz CT molecular complexity index is 273. The highest BCUT2D eigenvalue weighted by molar-refractivity contribution is 5.21. The maximum Gasteiger partial charge on any atom is 0.200 e. The Hall–Kier alpha value is -0.990. The largest absolute Gasteiger partial charge is 0.369 e. The van der Waals surface area contributed by atoms with E-state index in [2.05, 4.69) is 9.55 Å². The third kappa shape index (κ3) is 1.31. The topological polar surface area (TPSA) is 43.8 Å². The first-order valence-corrected chi connectivity index (χ1v) is 4.55. The molecular formula is C9H15N3. The fourth-order valence-electron chi connectivity index (χ4n) is 1.67. The quantitative estimate of drug-likeness (QED) is 0.723. The van der Waals surface area contributed by atoms with Crippen molar-refractivity contribution in [2.75, 3.05) is 5.73 Å². The second kappa shape index (κ2) is 2.81. The van der Waals surface area contributed by atoms with Gasteiger partial charge >= 0.3 is 0 Å². The molecule has 0 unspecified atom stereocenters. The molecule has 3 heteroatoms. The van der Waals surface area contributed by atoms with Gasteiger partial charge in [0.15, 0.2) is 5.95 Å². The summed E-state index contributed by atoms with van der Waals surface area (Å²) in [6, 6.07) is 0. The van der Waals surface area contributed by atoms with Crippen LogP contribution in [-0.2, 0) is 6.54 Å². The zero-order valence-electron chi connectivity index (χ0n) is 7.45. The van der Waals surface area contributed by atoms with Gasteiger partial charge in [0, 0.05) is 12.7 Å². The molecule has 0 radical (unpaired) electrons. The van der Waals surface area contributed by atoms with E-state index in [1.807, 2.05) is 13.1 Å². The van der Waals surface area contributed by atoms with Gasteiger partial charge in [-0.3, -0.25) is 0 Å². The number of rotatable bonds is 2. The van der Waals surface area contributed by atoms with Crippen LogP contribution >= 0.6 is 0 Å². The first-order valence-electron chi connectivity index (χ1n) is 4.55. The molecule has 0 amide bonds. The van der Waals surface area contributed by atoms with E-state index in [9.17, 15) is 0 Å². The number of aromatic nitrogens is 2. The van der Waals surface area contributed by atoms with Crippen LogP contribution in [0.25, 0.3) is 0 Å².